The highest BCUT2D eigenvalue weighted by molar-refractivity contribution is 7.13. The largest absolute Gasteiger partial charge is 0.344 e. The molecule has 0 aliphatic carbocycles. The van der Waals surface area contributed by atoms with E-state index in [9.17, 15) is 4.79 Å². The van der Waals surface area contributed by atoms with Gasteiger partial charge in [0.2, 0.25) is 0 Å². The van der Waals surface area contributed by atoms with Crippen molar-refractivity contribution in [3.8, 4) is 16.3 Å². The zero-order valence-electron chi connectivity index (χ0n) is 14.2. The first-order valence-electron chi connectivity index (χ1n) is 8.34. The van der Waals surface area contributed by atoms with E-state index in [1.807, 2.05) is 77.8 Å². The fraction of sp³-hybridized carbons (Fsp3) is 0.100. The van der Waals surface area contributed by atoms with Crippen molar-refractivity contribution in [3.05, 3.63) is 83.6 Å². The smallest absolute Gasteiger partial charge is 0.272 e. The van der Waals surface area contributed by atoms with Gasteiger partial charge in [0.05, 0.1) is 16.6 Å². The molecule has 0 aliphatic heterocycles. The highest BCUT2D eigenvalue weighted by Gasteiger charge is 2.15. The maximum atomic E-state index is 12.5. The van der Waals surface area contributed by atoms with Gasteiger partial charge in [-0.3, -0.25) is 9.89 Å². The van der Waals surface area contributed by atoms with Crippen LogP contribution in [0, 0.1) is 0 Å². The standard InChI is InChI=1S/C20H18N4OS/c1-14(15-6-8-16(9-7-15)24-10-2-3-11-24)21-20(25)18-13-17(22-23-18)19-5-4-12-26-19/h2-14H,1H3,(H,21,25)(H,22,23). The molecule has 1 unspecified atom stereocenters. The van der Waals surface area contributed by atoms with Gasteiger partial charge in [0.1, 0.15) is 0 Å². The van der Waals surface area contributed by atoms with E-state index in [1.54, 1.807) is 17.4 Å². The second kappa shape index (κ2) is 7.01. The monoisotopic (exact) mass is 362 g/mol. The van der Waals surface area contributed by atoms with E-state index in [4.69, 9.17) is 0 Å². The number of amides is 1. The molecule has 3 heterocycles. The summed E-state index contributed by atoms with van der Waals surface area (Å²) in [7, 11) is 0. The number of carbonyl (C=O) groups is 1. The lowest BCUT2D eigenvalue weighted by Gasteiger charge is -2.14. The van der Waals surface area contributed by atoms with Gasteiger partial charge < -0.3 is 9.88 Å². The summed E-state index contributed by atoms with van der Waals surface area (Å²) in [6, 6.07) is 17.8. The Balaban J connectivity index is 1.44. The topological polar surface area (TPSA) is 62.7 Å². The number of carbonyl (C=O) groups excluding carboxylic acids is 1. The van der Waals surface area contributed by atoms with Crippen LogP contribution in [0.2, 0.25) is 0 Å². The highest BCUT2D eigenvalue weighted by Crippen LogP contribution is 2.23. The molecule has 2 N–H and O–H groups in total. The SMILES string of the molecule is CC(NC(=O)c1cc(-c2cccs2)[nH]n1)c1ccc(-n2cccc2)cc1. The number of rotatable bonds is 5. The predicted molar refractivity (Wildman–Crippen MR) is 104 cm³/mol. The van der Waals surface area contributed by atoms with Gasteiger partial charge >= 0.3 is 0 Å². The van der Waals surface area contributed by atoms with Crippen LogP contribution in [0.4, 0.5) is 0 Å². The Morgan fingerprint density at radius 2 is 1.92 bits per heavy atom. The molecular formula is C20H18N4OS. The normalized spacial score (nSPS) is 12.0. The summed E-state index contributed by atoms with van der Waals surface area (Å²) in [4.78, 5) is 13.5. The summed E-state index contributed by atoms with van der Waals surface area (Å²) in [5.41, 5.74) is 3.38. The first-order chi connectivity index (χ1) is 12.7. The number of aromatic amines is 1. The van der Waals surface area contributed by atoms with Crippen LogP contribution in [0.1, 0.15) is 29.0 Å². The molecule has 1 aromatic carbocycles. The van der Waals surface area contributed by atoms with Crippen LogP contribution in [0.15, 0.2) is 72.4 Å². The van der Waals surface area contributed by atoms with Gasteiger partial charge in [-0.25, -0.2) is 0 Å². The van der Waals surface area contributed by atoms with Crippen molar-refractivity contribution in [1.82, 2.24) is 20.1 Å². The second-order valence-electron chi connectivity index (χ2n) is 6.02. The van der Waals surface area contributed by atoms with Gasteiger partial charge in [-0.2, -0.15) is 5.10 Å². The highest BCUT2D eigenvalue weighted by atomic mass is 32.1. The molecule has 4 aromatic rings. The minimum Gasteiger partial charge on any atom is -0.344 e. The number of hydrogen-bond donors (Lipinski definition) is 2. The van der Waals surface area contributed by atoms with Crippen molar-refractivity contribution in [1.29, 1.82) is 0 Å². The number of H-pyrrole nitrogens is 1. The van der Waals surface area contributed by atoms with Gasteiger partial charge in [-0.05, 0) is 54.3 Å². The van der Waals surface area contributed by atoms with Crippen LogP contribution >= 0.6 is 11.3 Å². The fourth-order valence-corrected chi connectivity index (χ4v) is 3.48. The van der Waals surface area contributed by atoms with E-state index in [0.717, 1.165) is 21.8 Å². The molecule has 0 saturated heterocycles. The summed E-state index contributed by atoms with van der Waals surface area (Å²) in [6.45, 7) is 1.97. The zero-order chi connectivity index (χ0) is 17.9. The van der Waals surface area contributed by atoms with E-state index in [0.29, 0.717) is 5.69 Å². The molecule has 26 heavy (non-hydrogen) atoms. The van der Waals surface area contributed by atoms with Gasteiger partial charge in [0, 0.05) is 18.1 Å². The van der Waals surface area contributed by atoms with Crippen LogP contribution in [0.5, 0.6) is 0 Å². The molecule has 5 nitrogen and oxygen atoms in total. The number of thiophene rings is 1. The van der Waals surface area contributed by atoms with Crippen molar-refractivity contribution in [2.24, 2.45) is 0 Å². The molecule has 0 radical (unpaired) electrons. The maximum Gasteiger partial charge on any atom is 0.272 e. The number of benzene rings is 1. The minimum absolute atomic E-state index is 0.108. The average molecular weight is 362 g/mol. The van der Waals surface area contributed by atoms with Crippen molar-refractivity contribution in [2.45, 2.75) is 13.0 Å². The Kier molecular flexibility index (Phi) is 4.41. The predicted octanol–water partition coefficient (Wildman–Crippen LogP) is 4.42. The molecule has 6 heteroatoms. The number of hydrogen-bond acceptors (Lipinski definition) is 3. The van der Waals surface area contributed by atoms with E-state index >= 15 is 0 Å². The lowest BCUT2D eigenvalue weighted by atomic mass is 10.1. The first-order valence-corrected chi connectivity index (χ1v) is 9.22. The molecule has 130 valence electrons. The molecule has 4 rings (SSSR count). The number of nitrogens with zero attached hydrogens (tertiary/aromatic N) is 2. The first kappa shape index (κ1) is 16.4. The Labute approximate surface area is 155 Å². The third kappa shape index (κ3) is 3.32. The summed E-state index contributed by atoms with van der Waals surface area (Å²) < 4.78 is 2.04. The molecular weight excluding hydrogens is 344 g/mol. The Bertz CT molecular complexity index is 985. The van der Waals surface area contributed by atoms with Crippen LogP contribution < -0.4 is 5.32 Å². The maximum absolute atomic E-state index is 12.5. The fourth-order valence-electron chi connectivity index (χ4n) is 2.79. The molecule has 1 atom stereocenters. The van der Waals surface area contributed by atoms with E-state index in [2.05, 4.69) is 15.5 Å². The molecule has 0 aliphatic rings. The van der Waals surface area contributed by atoms with Gasteiger partial charge in [-0.15, -0.1) is 11.3 Å². The molecule has 1 amide bonds. The van der Waals surface area contributed by atoms with E-state index in [1.165, 1.54) is 0 Å². The molecule has 3 aromatic heterocycles. The average Bonchev–Trinajstić information content (AvgIpc) is 3.43. The summed E-state index contributed by atoms with van der Waals surface area (Å²) in [5.74, 6) is -0.189. The summed E-state index contributed by atoms with van der Waals surface area (Å²) in [5, 5.41) is 12.1. The molecule has 0 bridgehead atoms. The van der Waals surface area contributed by atoms with Crippen LogP contribution in [-0.2, 0) is 0 Å². The van der Waals surface area contributed by atoms with E-state index in [-0.39, 0.29) is 11.9 Å². The van der Waals surface area contributed by atoms with Gasteiger partial charge in [0.15, 0.2) is 5.69 Å². The van der Waals surface area contributed by atoms with Crippen molar-refractivity contribution < 1.29 is 4.79 Å². The van der Waals surface area contributed by atoms with Crippen LogP contribution in [0.3, 0.4) is 0 Å². The van der Waals surface area contributed by atoms with Gasteiger partial charge in [-0.1, -0.05) is 18.2 Å². The lowest BCUT2D eigenvalue weighted by Crippen LogP contribution is -2.26. The van der Waals surface area contributed by atoms with Crippen LogP contribution in [0.25, 0.3) is 16.3 Å². The summed E-state index contributed by atoms with van der Waals surface area (Å²) in [6.07, 6.45) is 4.01. The molecule has 0 fully saturated rings. The van der Waals surface area contributed by atoms with E-state index < -0.39 is 0 Å². The van der Waals surface area contributed by atoms with Crippen molar-refractivity contribution >= 4 is 17.2 Å². The lowest BCUT2D eigenvalue weighted by molar-refractivity contribution is 0.0935. The molecule has 0 spiro atoms. The summed E-state index contributed by atoms with van der Waals surface area (Å²) >= 11 is 1.61. The number of nitrogens with one attached hydrogen (secondary N) is 2. The zero-order valence-corrected chi connectivity index (χ0v) is 15.0. The second-order valence-corrected chi connectivity index (χ2v) is 6.97. The molecule has 0 saturated carbocycles. The quantitative estimate of drug-likeness (QED) is 0.552. The Morgan fingerprint density at radius 1 is 1.15 bits per heavy atom. The number of aromatic nitrogens is 3. The Morgan fingerprint density at radius 3 is 2.62 bits per heavy atom. The van der Waals surface area contributed by atoms with Crippen molar-refractivity contribution in [2.75, 3.05) is 0 Å². The van der Waals surface area contributed by atoms with Crippen molar-refractivity contribution in [3.63, 3.8) is 0 Å². The van der Waals surface area contributed by atoms with Crippen LogP contribution in [-0.4, -0.2) is 20.7 Å². The Hall–Kier alpha value is -3.12. The third-order valence-electron chi connectivity index (χ3n) is 4.24. The third-order valence-corrected chi connectivity index (χ3v) is 5.14. The minimum atomic E-state index is -0.189. The van der Waals surface area contributed by atoms with Gasteiger partial charge in [0.25, 0.3) is 5.91 Å².